The van der Waals surface area contributed by atoms with Crippen molar-refractivity contribution in [3.05, 3.63) is 53.7 Å². The van der Waals surface area contributed by atoms with Crippen LogP contribution in [0.15, 0.2) is 42.6 Å². The molecule has 1 aromatic carbocycles. The first-order valence-electron chi connectivity index (χ1n) is 7.09. The Kier molecular flexibility index (Phi) is 3.33. The summed E-state index contributed by atoms with van der Waals surface area (Å²) in [5.74, 6) is -0.126. The highest BCUT2D eigenvalue weighted by molar-refractivity contribution is 5.95. The first kappa shape index (κ1) is 14.1. The number of carboxylic acid groups (broad SMARTS) is 1. The predicted molar refractivity (Wildman–Crippen MR) is 86.1 cm³/mol. The Bertz CT molecular complexity index is 848. The van der Waals surface area contributed by atoms with Crippen LogP contribution in [0.1, 0.15) is 35.7 Å². The fourth-order valence-corrected chi connectivity index (χ4v) is 2.49. The molecule has 3 N–H and O–H groups in total. The van der Waals surface area contributed by atoms with Crippen LogP contribution in [0, 0.1) is 0 Å². The van der Waals surface area contributed by atoms with E-state index in [1.54, 1.807) is 16.7 Å². The lowest BCUT2D eigenvalue weighted by molar-refractivity contribution is 0.0698. The third kappa shape index (κ3) is 2.20. The van der Waals surface area contributed by atoms with Gasteiger partial charge < -0.3 is 10.8 Å². The van der Waals surface area contributed by atoms with Crippen molar-refractivity contribution < 1.29 is 9.90 Å². The lowest BCUT2D eigenvalue weighted by Gasteiger charge is -2.06. The summed E-state index contributed by atoms with van der Waals surface area (Å²) in [6.45, 7) is 4.26. The number of carbonyl (C=O) groups is 1. The van der Waals surface area contributed by atoms with Crippen LogP contribution in [-0.4, -0.2) is 20.5 Å². The molecule has 0 spiro atoms. The van der Waals surface area contributed by atoms with E-state index in [0.29, 0.717) is 23.1 Å². The van der Waals surface area contributed by atoms with E-state index >= 15 is 0 Å². The van der Waals surface area contributed by atoms with E-state index in [1.165, 1.54) is 11.6 Å². The van der Waals surface area contributed by atoms with Crippen LogP contribution >= 0.6 is 0 Å². The number of rotatable bonds is 3. The summed E-state index contributed by atoms with van der Waals surface area (Å²) in [7, 11) is 0. The van der Waals surface area contributed by atoms with Gasteiger partial charge in [-0.3, -0.25) is 4.40 Å². The molecular formula is C17H17N3O2. The summed E-state index contributed by atoms with van der Waals surface area (Å²) < 4.78 is 1.61. The number of fused-ring (bicyclic) bond motifs is 1. The van der Waals surface area contributed by atoms with Gasteiger partial charge in [0.25, 0.3) is 0 Å². The summed E-state index contributed by atoms with van der Waals surface area (Å²) in [4.78, 5) is 15.7. The number of aromatic carboxylic acids is 1. The number of nitrogens with two attached hydrogens (primary N) is 1. The Morgan fingerprint density at radius 2 is 1.91 bits per heavy atom. The van der Waals surface area contributed by atoms with Crippen LogP contribution in [-0.2, 0) is 0 Å². The topological polar surface area (TPSA) is 80.6 Å². The zero-order valence-electron chi connectivity index (χ0n) is 12.4. The second kappa shape index (κ2) is 5.18. The van der Waals surface area contributed by atoms with E-state index in [4.69, 9.17) is 5.73 Å². The summed E-state index contributed by atoms with van der Waals surface area (Å²) >= 11 is 0. The minimum atomic E-state index is -1.02. The number of nitrogen functional groups attached to an aromatic ring is 1. The number of carboxylic acids is 1. The second-order valence-corrected chi connectivity index (χ2v) is 5.54. The van der Waals surface area contributed by atoms with Gasteiger partial charge in [0.1, 0.15) is 17.1 Å². The van der Waals surface area contributed by atoms with Crippen molar-refractivity contribution in [1.29, 1.82) is 0 Å². The summed E-state index contributed by atoms with van der Waals surface area (Å²) in [5.41, 5.74) is 9.35. The Hall–Kier alpha value is -2.82. The number of imidazole rings is 1. The molecule has 0 saturated heterocycles. The lowest BCUT2D eigenvalue weighted by Crippen LogP contribution is -2.01. The molecule has 0 amide bonds. The van der Waals surface area contributed by atoms with Gasteiger partial charge in [0.2, 0.25) is 0 Å². The quantitative estimate of drug-likeness (QED) is 0.776. The van der Waals surface area contributed by atoms with E-state index in [-0.39, 0.29) is 5.56 Å². The van der Waals surface area contributed by atoms with Crippen molar-refractivity contribution in [1.82, 2.24) is 9.38 Å². The maximum absolute atomic E-state index is 11.3. The first-order valence-corrected chi connectivity index (χ1v) is 7.09. The van der Waals surface area contributed by atoms with Crippen LogP contribution < -0.4 is 5.73 Å². The van der Waals surface area contributed by atoms with Crippen molar-refractivity contribution in [2.45, 2.75) is 19.8 Å². The first-order chi connectivity index (χ1) is 10.5. The van der Waals surface area contributed by atoms with Gasteiger partial charge in [0.15, 0.2) is 5.65 Å². The smallest absolute Gasteiger partial charge is 0.339 e. The third-order valence-corrected chi connectivity index (χ3v) is 3.77. The molecule has 0 aliphatic carbocycles. The summed E-state index contributed by atoms with van der Waals surface area (Å²) in [6.07, 6.45) is 1.72. The standard InChI is InChI=1S/C17H17N3O2/c1-10(2)11-5-7-12(8-6-11)14-15(18)20-9-3-4-13(17(21)22)16(20)19-14/h3-10H,18H2,1-2H3,(H,21,22). The molecule has 112 valence electrons. The number of hydrogen-bond acceptors (Lipinski definition) is 3. The molecule has 5 heteroatoms. The maximum atomic E-state index is 11.3. The normalized spacial score (nSPS) is 11.2. The number of aromatic nitrogens is 2. The van der Waals surface area contributed by atoms with Crippen molar-refractivity contribution in [3.63, 3.8) is 0 Å². The van der Waals surface area contributed by atoms with Gasteiger partial charge >= 0.3 is 5.97 Å². The Labute approximate surface area is 128 Å². The Balaban J connectivity index is 2.17. The number of pyridine rings is 1. The molecule has 0 radical (unpaired) electrons. The van der Waals surface area contributed by atoms with Gasteiger partial charge in [-0.25, -0.2) is 9.78 Å². The minimum absolute atomic E-state index is 0.138. The van der Waals surface area contributed by atoms with Gasteiger partial charge in [0.05, 0.1) is 0 Å². The molecule has 0 saturated carbocycles. The molecule has 0 bridgehead atoms. The molecule has 0 aliphatic heterocycles. The Morgan fingerprint density at radius 3 is 2.50 bits per heavy atom. The third-order valence-electron chi connectivity index (χ3n) is 3.77. The second-order valence-electron chi connectivity index (χ2n) is 5.54. The molecule has 3 aromatic rings. The van der Waals surface area contributed by atoms with Crippen LogP contribution in [0.3, 0.4) is 0 Å². The van der Waals surface area contributed by atoms with Crippen LogP contribution in [0.25, 0.3) is 16.9 Å². The highest BCUT2D eigenvalue weighted by Gasteiger charge is 2.16. The number of hydrogen-bond donors (Lipinski definition) is 2. The van der Waals surface area contributed by atoms with Crippen molar-refractivity contribution in [3.8, 4) is 11.3 Å². The average Bonchev–Trinajstić information content (AvgIpc) is 2.84. The molecule has 5 nitrogen and oxygen atoms in total. The Morgan fingerprint density at radius 1 is 1.23 bits per heavy atom. The molecule has 2 heterocycles. The molecule has 0 aliphatic rings. The van der Waals surface area contributed by atoms with E-state index < -0.39 is 5.97 Å². The van der Waals surface area contributed by atoms with E-state index in [1.807, 2.05) is 24.3 Å². The van der Waals surface area contributed by atoms with Crippen molar-refractivity contribution in [2.24, 2.45) is 0 Å². The molecular weight excluding hydrogens is 278 g/mol. The molecule has 3 rings (SSSR count). The van der Waals surface area contributed by atoms with Crippen LogP contribution in [0.5, 0.6) is 0 Å². The monoisotopic (exact) mass is 295 g/mol. The number of anilines is 1. The summed E-state index contributed by atoms with van der Waals surface area (Å²) in [5, 5.41) is 9.26. The van der Waals surface area contributed by atoms with Gasteiger partial charge in [-0.2, -0.15) is 0 Å². The van der Waals surface area contributed by atoms with Gasteiger partial charge in [-0.1, -0.05) is 38.1 Å². The molecule has 22 heavy (non-hydrogen) atoms. The zero-order valence-corrected chi connectivity index (χ0v) is 12.4. The molecule has 0 atom stereocenters. The van der Waals surface area contributed by atoms with E-state index in [0.717, 1.165) is 5.56 Å². The van der Waals surface area contributed by atoms with Crippen LogP contribution in [0.4, 0.5) is 5.82 Å². The fraction of sp³-hybridized carbons (Fsp3) is 0.176. The van der Waals surface area contributed by atoms with Crippen LogP contribution in [0.2, 0.25) is 0 Å². The average molecular weight is 295 g/mol. The maximum Gasteiger partial charge on any atom is 0.339 e. The minimum Gasteiger partial charge on any atom is -0.478 e. The molecule has 0 unspecified atom stereocenters. The highest BCUT2D eigenvalue weighted by atomic mass is 16.4. The van der Waals surface area contributed by atoms with E-state index in [2.05, 4.69) is 18.8 Å². The van der Waals surface area contributed by atoms with E-state index in [9.17, 15) is 9.90 Å². The SMILES string of the molecule is CC(C)c1ccc(-c2nc3c(C(=O)O)cccn3c2N)cc1. The van der Waals surface area contributed by atoms with Gasteiger partial charge in [-0.15, -0.1) is 0 Å². The predicted octanol–water partition coefficient (Wildman–Crippen LogP) is 3.41. The van der Waals surface area contributed by atoms with Crippen molar-refractivity contribution in [2.75, 3.05) is 5.73 Å². The van der Waals surface area contributed by atoms with Gasteiger partial charge in [0, 0.05) is 11.8 Å². The summed E-state index contributed by atoms with van der Waals surface area (Å²) in [6, 6.07) is 11.2. The fourth-order valence-electron chi connectivity index (χ4n) is 2.49. The zero-order chi connectivity index (χ0) is 15.9. The number of nitrogens with zero attached hydrogens (tertiary/aromatic N) is 2. The molecule has 0 fully saturated rings. The highest BCUT2D eigenvalue weighted by Crippen LogP contribution is 2.28. The largest absolute Gasteiger partial charge is 0.478 e. The van der Waals surface area contributed by atoms with Crippen molar-refractivity contribution >= 4 is 17.4 Å². The van der Waals surface area contributed by atoms with Gasteiger partial charge in [-0.05, 0) is 23.6 Å². The number of benzene rings is 1. The molecule has 2 aromatic heterocycles. The lowest BCUT2D eigenvalue weighted by atomic mass is 10.0.